The molecule has 0 aliphatic heterocycles. The van der Waals surface area contributed by atoms with E-state index < -0.39 is 10.9 Å². The fourth-order valence-electron chi connectivity index (χ4n) is 1.47. The maximum Gasteiger partial charge on any atom is 0.371 e. The molecule has 0 spiro atoms. The molecule has 2 aromatic rings. The number of hydrogen-bond acceptors (Lipinski definition) is 7. The van der Waals surface area contributed by atoms with Crippen LogP contribution >= 0.6 is 0 Å². The van der Waals surface area contributed by atoms with Crippen LogP contribution < -0.4 is 0 Å². The van der Waals surface area contributed by atoms with Crippen molar-refractivity contribution in [3.8, 4) is 5.75 Å². The molecular weight excluding hydrogens is 278 g/mol. The molecule has 0 aliphatic rings. The first kappa shape index (κ1) is 14.1. The fourth-order valence-corrected chi connectivity index (χ4v) is 1.47. The summed E-state index contributed by atoms with van der Waals surface area (Å²) in [7, 11) is 0. The van der Waals surface area contributed by atoms with Crippen molar-refractivity contribution in [2.45, 2.75) is 0 Å². The normalized spacial score (nSPS) is 10.5. The SMILES string of the molecule is O=C(ON=Nc1cccc([N+](=O)[O-])c1)c1ccccc1O. The van der Waals surface area contributed by atoms with Crippen LogP contribution in [-0.4, -0.2) is 16.0 Å². The Bertz CT molecular complexity index is 714. The molecule has 0 fully saturated rings. The number of carbonyl (C=O) groups excluding carboxylic acids is 1. The van der Waals surface area contributed by atoms with Crippen LogP contribution in [0.4, 0.5) is 11.4 Å². The number of nitrogens with zero attached hydrogens (tertiary/aromatic N) is 3. The average Bonchev–Trinajstić information content (AvgIpc) is 2.48. The van der Waals surface area contributed by atoms with E-state index in [1.165, 1.54) is 36.4 Å². The maximum atomic E-state index is 11.6. The quantitative estimate of drug-likeness (QED) is 0.527. The second-order valence-electron chi connectivity index (χ2n) is 3.85. The van der Waals surface area contributed by atoms with Gasteiger partial charge in [0.15, 0.2) is 0 Å². The topological polar surface area (TPSA) is 114 Å². The number of phenolic OH excluding ortho intramolecular Hbond substituents is 1. The van der Waals surface area contributed by atoms with Gasteiger partial charge in [-0.25, -0.2) is 4.79 Å². The summed E-state index contributed by atoms with van der Waals surface area (Å²) in [4.78, 5) is 26.1. The van der Waals surface area contributed by atoms with Crippen LogP contribution in [-0.2, 0) is 4.84 Å². The van der Waals surface area contributed by atoms with E-state index in [4.69, 9.17) is 0 Å². The molecule has 106 valence electrons. The Labute approximate surface area is 118 Å². The van der Waals surface area contributed by atoms with Crippen LogP contribution in [0.5, 0.6) is 5.75 Å². The van der Waals surface area contributed by atoms with Crippen LogP contribution in [0.3, 0.4) is 0 Å². The maximum absolute atomic E-state index is 11.6. The Morgan fingerprint density at radius 1 is 1.19 bits per heavy atom. The molecule has 0 atom stereocenters. The van der Waals surface area contributed by atoms with Gasteiger partial charge >= 0.3 is 5.97 Å². The Morgan fingerprint density at radius 2 is 1.95 bits per heavy atom. The Kier molecular flexibility index (Phi) is 4.20. The number of phenols is 1. The summed E-state index contributed by atoms with van der Waals surface area (Å²) >= 11 is 0. The standard InChI is InChI=1S/C13H9N3O5/c17-12-7-2-1-6-11(12)13(18)21-15-14-9-4-3-5-10(8-9)16(19)20/h1-8,17H. The van der Waals surface area contributed by atoms with E-state index in [2.05, 4.69) is 15.2 Å². The van der Waals surface area contributed by atoms with Crippen LogP contribution in [0.1, 0.15) is 10.4 Å². The van der Waals surface area contributed by atoms with Gasteiger partial charge in [-0.15, -0.1) is 5.11 Å². The fraction of sp³-hybridized carbons (Fsp3) is 0. The first-order valence-electron chi connectivity index (χ1n) is 5.73. The second kappa shape index (κ2) is 6.24. The van der Waals surface area contributed by atoms with E-state index in [1.807, 2.05) is 0 Å². The van der Waals surface area contributed by atoms with E-state index in [-0.39, 0.29) is 22.7 Å². The van der Waals surface area contributed by atoms with Gasteiger partial charge in [-0.1, -0.05) is 18.2 Å². The summed E-state index contributed by atoms with van der Waals surface area (Å²) < 4.78 is 0. The van der Waals surface area contributed by atoms with Crippen LogP contribution in [0.2, 0.25) is 0 Å². The summed E-state index contributed by atoms with van der Waals surface area (Å²) in [6.45, 7) is 0. The lowest BCUT2D eigenvalue weighted by Crippen LogP contribution is -2.00. The molecule has 8 heteroatoms. The molecule has 21 heavy (non-hydrogen) atoms. The number of non-ortho nitro benzene ring substituents is 1. The highest BCUT2D eigenvalue weighted by Crippen LogP contribution is 2.21. The van der Waals surface area contributed by atoms with Crippen LogP contribution in [0.25, 0.3) is 0 Å². The molecule has 8 nitrogen and oxygen atoms in total. The van der Waals surface area contributed by atoms with Crippen LogP contribution in [0, 0.1) is 10.1 Å². The van der Waals surface area contributed by atoms with E-state index in [0.717, 1.165) is 0 Å². The van der Waals surface area contributed by atoms with Gasteiger partial charge in [0.05, 0.1) is 10.6 Å². The van der Waals surface area contributed by atoms with Crippen molar-refractivity contribution in [2.24, 2.45) is 10.4 Å². The molecule has 0 unspecified atom stereocenters. The summed E-state index contributed by atoms with van der Waals surface area (Å²) in [5, 5.41) is 26.8. The molecule has 0 saturated heterocycles. The number of para-hydroxylation sites is 1. The molecular formula is C13H9N3O5. The molecule has 0 heterocycles. The van der Waals surface area contributed by atoms with Crippen LogP contribution in [0.15, 0.2) is 58.9 Å². The summed E-state index contributed by atoms with van der Waals surface area (Å²) in [6, 6.07) is 11.2. The van der Waals surface area contributed by atoms with Gasteiger partial charge in [0.25, 0.3) is 5.69 Å². The van der Waals surface area contributed by atoms with E-state index in [9.17, 15) is 20.0 Å². The third-order valence-corrected chi connectivity index (χ3v) is 2.44. The molecule has 0 radical (unpaired) electrons. The number of aromatic hydroxyl groups is 1. The van der Waals surface area contributed by atoms with Gasteiger partial charge in [-0.05, 0) is 18.2 Å². The number of nitro benzene ring substituents is 1. The smallest absolute Gasteiger partial charge is 0.371 e. The van der Waals surface area contributed by atoms with Crippen molar-refractivity contribution in [3.63, 3.8) is 0 Å². The van der Waals surface area contributed by atoms with Gasteiger partial charge < -0.3 is 5.11 Å². The van der Waals surface area contributed by atoms with Gasteiger partial charge in [0, 0.05) is 17.4 Å². The summed E-state index contributed by atoms with van der Waals surface area (Å²) in [5.41, 5.74) is -0.0525. The van der Waals surface area contributed by atoms with Gasteiger partial charge in [0.1, 0.15) is 11.3 Å². The highest BCUT2D eigenvalue weighted by atomic mass is 16.7. The predicted octanol–water partition coefficient (Wildman–Crippen LogP) is 3.16. The first-order chi connectivity index (χ1) is 10.1. The first-order valence-corrected chi connectivity index (χ1v) is 5.73. The highest BCUT2D eigenvalue weighted by Gasteiger charge is 2.12. The van der Waals surface area contributed by atoms with E-state index in [1.54, 1.807) is 12.1 Å². The van der Waals surface area contributed by atoms with Crippen molar-refractivity contribution < 1.29 is 19.7 Å². The average molecular weight is 287 g/mol. The lowest BCUT2D eigenvalue weighted by molar-refractivity contribution is -0.384. The van der Waals surface area contributed by atoms with Gasteiger partial charge in [0.2, 0.25) is 0 Å². The lowest BCUT2D eigenvalue weighted by atomic mass is 10.2. The molecule has 0 aromatic heterocycles. The predicted molar refractivity (Wildman–Crippen MR) is 71.1 cm³/mol. The zero-order chi connectivity index (χ0) is 15.2. The Morgan fingerprint density at radius 3 is 2.67 bits per heavy atom. The molecule has 1 N–H and O–H groups in total. The second-order valence-corrected chi connectivity index (χ2v) is 3.85. The minimum atomic E-state index is -0.887. The monoisotopic (exact) mass is 287 g/mol. The van der Waals surface area contributed by atoms with Crippen molar-refractivity contribution in [2.75, 3.05) is 0 Å². The Hall–Kier alpha value is -3.29. The molecule has 2 aromatic carbocycles. The lowest BCUT2D eigenvalue weighted by Gasteiger charge is -1.99. The number of carbonyl (C=O) groups is 1. The number of rotatable bonds is 4. The highest BCUT2D eigenvalue weighted by molar-refractivity contribution is 5.92. The third-order valence-electron chi connectivity index (χ3n) is 2.44. The van der Waals surface area contributed by atoms with Crippen molar-refractivity contribution >= 4 is 17.3 Å². The van der Waals surface area contributed by atoms with Crippen molar-refractivity contribution in [3.05, 3.63) is 64.2 Å². The molecule has 2 rings (SSSR count). The Balaban J connectivity index is 2.06. The number of benzene rings is 2. The molecule has 0 amide bonds. The number of nitro groups is 1. The molecule has 0 bridgehead atoms. The van der Waals surface area contributed by atoms with Crippen molar-refractivity contribution in [1.82, 2.24) is 0 Å². The largest absolute Gasteiger partial charge is 0.507 e. The van der Waals surface area contributed by atoms with Gasteiger partial charge in [-0.2, -0.15) is 0 Å². The van der Waals surface area contributed by atoms with E-state index in [0.29, 0.717) is 0 Å². The zero-order valence-corrected chi connectivity index (χ0v) is 10.5. The molecule has 0 saturated carbocycles. The molecule has 0 aliphatic carbocycles. The number of hydrogen-bond donors (Lipinski definition) is 1. The summed E-state index contributed by atoms with van der Waals surface area (Å²) in [5.74, 6) is -1.13. The van der Waals surface area contributed by atoms with Gasteiger partial charge in [-0.3, -0.25) is 15.0 Å². The van der Waals surface area contributed by atoms with E-state index >= 15 is 0 Å². The van der Waals surface area contributed by atoms with Crippen molar-refractivity contribution in [1.29, 1.82) is 0 Å². The zero-order valence-electron chi connectivity index (χ0n) is 10.5. The third kappa shape index (κ3) is 3.60. The summed E-state index contributed by atoms with van der Waals surface area (Å²) in [6.07, 6.45) is 0. The minimum absolute atomic E-state index is 0.0597. The minimum Gasteiger partial charge on any atom is -0.507 e.